The molecule has 4 N–H and O–H groups in total. The summed E-state index contributed by atoms with van der Waals surface area (Å²) < 4.78 is 9.93. The number of carbonyl (C=O) groups excluding carboxylic acids is 5. The summed E-state index contributed by atoms with van der Waals surface area (Å²) >= 11 is 0. The molecule has 11 nitrogen and oxygen atoms in total. The van der Waals surface area contributed by atoms with Gasteiger partial charge in [-0.2, -0.15) is 0 Å². The fourth-order valence-corrected chi connectivity index (χ4v) is 3.87. The maximum atomic E-state index is 14.0. The van der Waals surface area contributed by atoms with E-state index in [2.05, 4.69) is 21.3 Å². The van der Waals surface area contributed by atoms with Crippen LogP contribution >= 0.6 is 0 Å². The highest BCUT2D eigenvalue weighted by atomic mass is 16.6. The minimum atomic E-state index is -1.20. The van der Waals surface area contributed by atoms with Crippen LogP contribution in [0.25, 0.3) is 0 Å². The molecule has 0 bridgehead atoms. The van der Waals surface area contributed by atoms with E-state index in [0.29, 0.717) is 17.5 Å². The summed E-state index contributed by atoms with van der Waals surface area (Å²) in [6.45, 7) is 6.54. The van der Waals surface area contributed by atoms with Crippen molar-refractivity contribution in [1.82, 2.24) is 15.5 Å². The van der Waals surface area contributed by atoms with Crippen molar-refractivity contribution in [1.29, 1.82) is 0 Å². The molecule has 1 aromatic carbocycles. The van der Waals surface area contributed by atoms with Gasteiger partial charge in [-0.3, -0.25) is 19.2 Å². The fraction of sp³-hybridized carbons (Fsp3) is 0.519. The zero-order chi connectivity index (χ0) is 28.6. The molecule has 0 heterocycles. The predicted molar refractivity (Wildman–Crippen MR) is 138 cm³/mol. The van der Waals surface area contributed by atoms with Crippen LogP contribution in [0.3, 0.4) is 0 Å². The van der Waals surface area contributed by atoms with Crippen molar-refractivity contribution < 1.29 is 33.4 Å². The number of amides is 4. The highest BCUT2D eigenvalue weighted by molar-refractivity contribution is 5.94. The Kier molecular flexibility index (Phi) is 10.3. The van der Waals surface area contributed by atoms with Crippen LogP contribution in [0.5, 0.6) is 0 Å². The van der Waals surface area contributed by atoms with Gasteiger partial charge < -0.3 is 30.7 Å². The molecular weight excluding hydrogens is 492 g/mol. The number of alkyl carbamates (subject to hydrolysis) is 1. The SMILES string of the molecule is C#Cc1ccc(C(C(=O)NCC(=O)OC)N(C(=O)C(CCC(N)=O)NC(=O)OC(C)(C)C)C2CC2C)cc1. The van der Waals surface area contributed by atoms with Crippen LogP contribution < -0.4 is 16.4 Å². The van der Waals surface area contributed by atoms with Gasteiger partial charge in [0.2, 0.25) is 17.7 Å². The number of nitrogens with one attached hydrogen (secondary N) is 2. The Morgan fingerprint density at radius 2 is 1.79 bits per heavy atom. The van der Waals surface area contributed by atoms with Crippen LogP contribution in [0.4, 0.5) is 4.79 Å². The molecule has 38 heavy (non-hydrogen) atoms. The molecule has 206 valence electrons. The summed E-state index contributed by atoms with van der Waals surface area (Å²) in [4.78, 5) is 64.7. The molecule has 1 fully saturated rings. The van der Waals surface area contributed by atoms with Crippen LogP contribution in [0.2, 0.25) is 0 Å². The second-order valence-electron chi connectivity index (χ2n) is 10.2. The van der Waals surface area contributed by atoms with Gasteiger partial charge in [-0.05, 0) is 57.2 Å². The predicted octanol–water partition coefficient (Wildman–Crippen LogP) is 1.39. The Morgan fingerprint density at radius 1 is 1.18 bits per heavy atom. The number of rotatable bonds is 11. The molecule has 11 heteroatoms. The van der Waals surface area contributed by atoms with Gasteiger partial charge in [-0.1, -0.05) is 25.0 Å². The Morgan fingerprint density at radius 3 is 2.26 bits per heavy atom. The Labute approximate surface area is 222 Å². The maximum Gasteiger partial charge on any atom is 0.408 e. The largest absolute Gasteiger partial charge is 0.468 e. The van der Waals surface area contributed by atoms with E-state index in [4.69, 9.17) is 16.9 Å². The normalized spacial score (nSPS) is 17.7. The third-order valence-corrected chi connectivity index (χ3v) is 5.90. The molecule has 1 aromatic rings. The van der Waals surface area contributed by atoms with Gasteiger partial charge in [-0.15, -0.1) is 6.42 Å². The Hall–Kier alpha value is -4.07. The number of hydrogen-bond donors (Lipinski definition) is 3. The van der Waals surface area contributed by atoms with E-state index in [1.807, 2.05) is 6.92 Å². The summed E-state index contributed by atoms with van der Waals surface area (Å²) in [6, 6.07) is 3.84. The van der Waals surface area contributed by atoms with Crippen LogP contribution in [-0.2, 0) is 28.7 Å². The van der Waals surface area contributed by atoms with Gasteiger partial charge in [0.1, 0.15) is 24.2 Å². The van der Waals surface area contributed by atoms with Crippen LogP contribution in [0.1, 0.15) is 64.1 Å². The monoisotopic (exact) mass is 528 g/mol. The van der Waals surface area contributed by atoms with E-state index in [-0.39, 0.29) is 24.8 Å². The lowest BCUT2D eigenvalue weighted by atomic mass is 10.00. The van der Waals surface area contributed by atoms with E-state index in [0.717, 1.165) is 0 Å². The van der Waals surface area contributed by atoms with Crippen LogP contribution in [-0.4, -0.2) is 66.0 Å². The highest BCUT2D eigenvalue weighted by Gasteiger charge is 2.48. The second-order valence-corrected chi connectivity index (χ2v) is 10.2. The topological polar surface area (TPSA) is 157 Å². The summed E-state index contributed by atoms with van der Waals surface area (Å²) in [5, 5.41) is 5.06. The zero-order valence-corrected chi connectivity index (χ0v) is 22.4. The quantitative estimate of drug-likeness (QED) is 0.289. The van der Waals surface area contributed by atoms with Crippen molar-refractivity contribution in [3.8, 4) is 12.3 Å². The number of methoxy groups -OCH3 is 1. The van der Waals surface area contributed by atoms with Crippen molar-refractivity contribution in [3.05, 3.63) is 35.4 Å². The number of ether oxygens (including phenoxy) is 2. The molecule has 0 radical (unpaired) electrons. The number of terminal acetylenes is 1. The highest BCUT2D eigenvalue weighted by Crippen LogP contribution is 2.41. The van der Waals surface area contributed by atoms with Gasteiger partial charge in [0.25, 0.3) is 0 Å². The number of nitrogens with zero attached hydrogens (tertiary/aromatic N) is 1. The summed E-state index contributed by atoms with van der Waals surface area (Å²) in [5.74, 6) is 0.0365. The molecular formula is C27H36N4O7. The first-order chi connectivity index (χ1) is 17.8. The Bertz CT molecular complexity index is 1090. The molecule has 1 aliphatic rings. The van der Waals surface area contributed by atoms with E-state index in [1.165, 1.54) is 12.0 Å². The maximum absolute atomic E-state index is 14.0. The van der Waals surface area contributed by atoms with E-state index >= 15 is 0 Å². The molecule has 4 atom stereocenters. The van der Waals surface area contributed by atoms with E-state index in [9.17, 15) is 24.0 Å². The number of benzene rings is 1. The lowest BCUT2D eigenvalue weighted by Gasteiger charge is -2.35. The number of carbonyl (C=O) groups is 5. The van der Waals surface area contributed by atoms with Gasteiger partial charge >= 0.3 is 12.1 Å². The van der Waals surface area contributed by atoms with Crippen molar-refractivity contribution in [2.24, 2.45) is 11.7 Å². The molecule has 0 aromatic heterocycles. The molecule has 0 spiro atoms. The average molecular weight is 529 g/mol. The smallest absolute Gasteiger partial charge is 0.408 e. The number of primary amides is 1. The molecule has 1 aliphatic carbocycles. The Balaban J connectivity index is 2.50. The molecule has 2 rings (SSSR count). The lowest BCUT2D eigenvalue weighted by Crippen LogP contribution is -2.54. The first-order valence-electron chi connectivity index (χ1n) is 12.3. The molecule has 0 saturated heterocycles. The van der Waals surface area contributed by atoms with Crippen molar-refractivity contribution in [3.63, 3.8) is 0 Å². The molecule has 1 saturated carbocycles. The van der Waals surface area contributed by atoms with Crippen LogP contribution in [0.15, 0.2) is 24.3 Å². The number of hydrogen-bond acceptors (Lipinski definition) is 7. The average Bonchev–Trinajstić information content (AvgIpc) is 3.57. The van der Waals surface area contributed by atoms with Crippen molar-refractivity contribution >= 4 is 29.8 Å². The van der Waals surface area contributed by atoms with Gasteiger partial charge in [-0.25, -0.2) is 4.79 Å². The third-order valence-electron chi connectivity index (χ3n) is 5.90. The first-order valence-corrected chi connectivity index (χ1v) is 12.3. The van der Waals surface area contributed by atoms with Gasteiger partial charge in [0.05, 0.1) is 7.11 Å². The number of esters is 1. The standard InChI is InChI=1S/C27H36N4O7/c1-7-17-8-10-18(11-9-17)23(24(34)29-15-22(33)37-6)31(20-14-16(20)2)25(35)19(12-13-21(28)32)30-26(36)38-27(3,4)5/h1,8-11,16,19-20,23H,12-15H2,2-6H3,(H2,28,32)(H,29,34)(H,30,36). The third kappa shape index (κ3) is 8.80. The first kappa shape index (κ1) is 30.2. The fourth-order valence-electron chi connectivity index (χ4n) is 3.87. The molecule has 0 aliphatic heterocycles. The van der Waals surface area contributed by atoms with Crippen molar-refractivity contribution in [2.75, 3.05) is 13.7 Å². The van der Waals surface area contributed by atoms with Gasteiger partial charge in [0.15, 0.2) is 0 Å². The lowest BCUT2D eigenvalue weighted by molar-refractivity contribution is -0.145. The number of nitrogens with two attached hydrogens (primary N) is 1. The molecule has 4 unspecified atom stereocenters. The molecule has 4 amide bonds. The summed E-state index contributed by atoms with van der Waals surface area (Å²) in [7, 11) is 1.19. The summed E-state index contributed by atoms with van der Waals surface area (Å²) in [6.07, 6.45) is 4.95. The minimum absolute atomic E-state index is 0.0677. The van der Waals surface area contributed by atoms with Crippen molar-refractivity contribution in [2.45, 2.75) is 70.7 Å². The zero-order valence-electron chi connectivity index (χ0n) is 22.4. The summed E-state index contributed by atoms with van der Waals surface area (Å²) in [5.41, 5.74) is 5.51. The van der Waals surface area contributed by atoms with E-state index < -0.39 is 54.0 Å². The van der Waals surface area contributed by atoms with Gasteiger partial charge in [0, 0.05) is 18.0 Å². The minimum Gasteiger partial charge on any atom is -0.468 e. The second kappa shape index (κ2) is 12.9. The van der Waals surface area contributed by atoms with Crippen LogP contribution in [0, 0.1) is 18.3 Å². The van der Waals surface area contributed by atoms with E-state index in [1.54, 1.807) is 45.0 Å².